The maximum absolute atomic E-state index is 13.0. The van der Waals surface area contributed by atoms with E-state index >= 15 is 0 Å². The van der Waals surface area contributed by atoms with Gasteiger partial charge in [-0.25, -0.2) is 14.8 Å². The van der Waals surface area contributed by atoms with Crippen molar-refractivity contribution in [3.63, 3.8) is 0 Å². The molecule has 0 bridgehead atoms. The Hall–Kier alpha value is -6.90. The Bertz CT molecular complexity index is 2390. The molecule has 0 fully saturated rings. The van der Waals surface area contributed by atoms with E-state index < -0.39 is 28.0 Å². The van der Waals surface area contributed by atoms with Gasteiger partial charge < -0.3 is 19.9 Å². The molecule has 6 aromatic rings. The van der Waals surface area contributed by atoms with Gasteiger partial charge in [0.1, 0.15) is 22.5 Å². The fraction of sp³-hybridized carbons (Fsp3) is 0.159. The number of carboxylic acids is 1. The summed E-state index contributed by atoms with van der Waals surface area (Å²) in [6.07, 6.45) is 4.79. The summed E-state index contributed by atoms with van der Waals surface area (Å²) in [5.41, 5.74) is 7.46. The predicted octanol–water partition coefficient (Wildman–Crippen LogP) is 7.56. The van der Waals surface area contributed by atoms with Gasteiger partial charge >= 0.3 is 5.97 Å². The van der Waals surface area contributed by atoms with Crippen LogP contribution in [0.5, 0.6) is 11.6 Å². The number of carboxylic acid groups (broad SMARTS) is 1. The van der Waals surface area contributed by atoms with Crippen molar-refractivity contribution < 1.29 is 37.1 Å². The zero-order valence-electron chi connectivity index (χ0n) is 31.3. The summed E-state index contributed by atoms with van der Waals surface area (Å²) in [5.74, 6) is -0.536. The van der Waals surface area contributed by atoms with Crippen LogP contribution in [-0.2, 0) is 21.3 Å². The van der Waals surface area contributed by atoms with E-state index in [9.17, 15) is 27.7 Å². The number of para-hydroxylation sites is 1. The Morgan fingerprint density at radius 2 is 1.43 bits per heavy atom. The monoisotopic (exact) mass is 799 g/mol. The van der Waals surface area contributed by atoms with Gasteiger partial charge in [-0.05, 0) is 66.3 Å². The topological polar surface area (TPSA) is 189 Å². The minimum Gasteiger partial charge on any atom is -0.493 e. The number of anilines is 1. The van der Waals surface area contributed by atoms with Gasteiger partial charge in [0.15, 0.2) is 0 Å². The molecule has 0 spiro atoms. The highest BCUT2D eigenvalue weighted by atomic mass is 32.2. The lowest BCUT2D eigenvalue weighted by molar-refractivity contribution is -0.139. The van der Waals surface area contributed by atoms with E-state index in [1.807, 2.05) is 54.6 Å². The van der Waals surface area contributed by atoms with Crippen molar-refractivity contribution >= 4 is 34.0 Å². The second-order valence-electron chi connectivity index (χ2n) is 13.1. The first kappa shape index (κ1) is 40.8. The van der Waals surface area contributed by atoms with E-state index in [1.54, 1.807) is 30.3 Å². The van der Waals surface area contributed by atoms with Gasteiger partial charge in [-0.15, -0.1) is 0 Å². The molecule has 0 saturated carbocycles. The first-order valence-electron chi connectivity index (χ1n) is 18.5. The van der Waals surface area contributed by atoms with Crippen LogP contribution in [-0.4, -0.2) is 65.4 Å². The lowest BCUT2D eigenvalue weighted by Crippen LogP contribution is -2.42. The average Bonchev–Trinajstić information content (AvgIpc) is 3.24. The molecule has 0 saturated heterocycles. The SMILES string of the molecule is O=C(NC(Cc1ccccc1OCCCCCOc1cc(-c2ccccc2)cc(-c2ccccc2)n1)C(=O)O)c1ccc(NN=Cc2ccccc2S(=O)(=O)O)nc1. The summed E-state index contributed by atoms with van der Waals surface area (Å²) in [7, 11) is -4.45. The summed E-state index contributed by atoms with van der Waals surface area (Å²) in [5, 5.41) is 16.5. The maximum atomic E-state index is 13.0. The number of pyridine rings is 2. The predicted molar refractivity (Wildman–Crippen MR) is 221 cm³/mol. The number of ether oxygens (including phenoxy) is 2. The molecule has 13 nitrogen and oxygen atoms in total. The van der Waals surface area contributed by atoms with Gasteiger partial charge in [-0.2, -0.15) is 13.5 Å². The molecule has 4 aromatic carbocycles. The lowest BCUT2D eigenvalue weighted by Gasteiger charge is -2.17. The summed E-state index contributed by atoms with van der Waals surface area (Å²) in [4.78, 5) is 33.9. The molecule has 1 unspecified atom stereocenters. The number of hydrogen-bond donors (Lipinski definition) is 4. The normalized spacial score (nSPS) is 11.8. The number of unbranched alkanes of at least 4 members (excludes halogenated alkanes) is 2. The van der Waals surface area contributed by atoms with Gasteiger partial charge in [0.05, 0.1) is 30.7 Å². The van der Waals surface area contributed by atoms with Gasteiger partial charge in [-0.3, -0.25) is 14.8 Å². The van der Waals surface area contributed by atoms with Crippen molar-refractivity contribution in [3.8, 4) is 34.0 Å². The van der Waals surface area contributed by atoms with Crippen LogP contribution in [0.3, 0.4) is 0 Å². The van der Waals surface area contributed by atoms with E-state index in [0.717, 1.165) is 41.6 Å². The Kier molecular flexibility index (Phi) is 13.9. The number of aromatic nitrogens is 2. The first-order valence-corrected chi connectivity index (χ1v) is 19.9. The van der Waals surface area contributed by atoms with Gasteiger partial charge in [-0.1, -0.05) is 97.1 Å². The lowest BCUT2D eigenvalue weighted by atomic mass is 10.0. The minimum absolute atomic E-state index is 0.0160. The number of nitrogens with one attached hydrogen (secondary N) is 2. The number of amides is 1. The summed E-state index contributed by atoms with van der Waals surface area (Å²) >= 11 is 0. The van der Waals surface area contributed by atoms with E-state index in [-0.39, 0.29) is 28.3 Å². The van der Waals surface area contributed by atoms with Crippen molar-refractivity contribution in [2.45, 2.75) is 36.6 Å². The van der Waals surface area contributed by atoms with Crippen LogP contribution in [0.1, 0.15) is 40.7 Å². The number of rotatable bonds is 19. The quantitative estimate of drug-likeness (QED) is 0.0274. The summed E-state index contributed by atoms with van der Waals surface area (Å²) in [6.45, 7) is 0.887. The number of hydrogen-bond acceptors (Lipinski definition) is 10. The van der Waals surface area contributed by atoms with Gasteiger partial charge in [0, 0.05) is 29.8 Å². The van der Waals surface area contributed by atoms with Crippen molar-refractivity contribution in [1.29, 1.82) is 0 Å². The highest BCUT2D eigenvalue weighted by molar-refractivity contribution is 7.86. The van der Waals surface area contributed by atoms with Crippen LogP contribution in [0.25, 0.3) is 22.4 Å². The van der Waals surface area contributed by atoms with Crippen molar-refractivity contribution in [1.82, 2.24) is 15.3 Å². The Morgan fingerprint density at radius 1 is 0.759 bits per heavy atom. The van der Waals surface area contributed by atoms with Crippen molar-refractivity contribution in [2.24, 2.45) is 5.10 Å². The second-order valence-corrected chi connectivity index (χ2v) is 14.5. The molecule has 0 aliphatic carbocycles. The number of hydrazone groups is 1. The molecule has 0 aliphatic heterocycles. The third kappa shape index (κ3) is 11.6. The smallest absolute Gasteiger partial charge is 0.326 e. The van der Waals surface area contributed by atoms with E-state index in [1.165, 1.54) is 42.7 Å². The molecule has 2 aromatic heterocycles. The molecule has 1 amide bonds. The number of benzene rings is 4. The maximum Gasteiger partial charge on any atom is 0.326 e. The van der Waals surface area contributed by atoms with Crippen LogP contribution in [0.15, 0.2) is 150 Å². The largest absolute Gasteiger partial charge is 0.493 e. The number of carbonyl (C=O) groups is 2. The molecule has 58 heavy (non-hydrogen) atoms. The molecular weight excluding hydrogens is 759 g/mol. The third-order valence-corrected chi connectivity index (χ3v) is 9.81. The number of nitrogens with zero attached hydrogens (tertiary/aromatic N) is 3. The van der Waals surface area contributed by atoms with E-state index in [0.29, 0.717) is 30.4 Å². The molecule has 1 atom stereocenters. The van der Waals surface area contributed by atoms with E-state index in [2.05, 4.69) is 39.0 Å². The molecule has 4 N–H and O–H groups in total. The Balaban J connectivity index is 0.973. The van der Waals surface area contributed by atoms with Crippen molar-refractivity contribution in [3.05, 3.63) is 156 Å². The molecule has 296 valence electrons. The van der Waals surface area contributed by atoms with Crippen molar-refractivity contribution in [2.75, 3.05) is 18.6 Å². The zero-order chi connectivity index (χ0) is 40.7. The van der Waals surface area contributed by atoms with Crippen LogP contribution in [0, 0.1) is 0 Å². The standard InChI is InChI=1S/C44H41N5O8S/c50-43(35-22-23-41(45-29-35)49-46-30-34-19-9-11-21-40(34)58(53,54)55)48-38(44(51)52)26-33-18-8-10-20-39(33)56-24-12-3-13-25-57-42-28-36(31-14-4-1-5-15-31)27-37(47-42)32-16-6-2-7-17-32/h1-2,4-11,14-23,27-30,38H,3,12-13,24-26H2,(H,45,49)(H,48,50)(H,51,52)(H,53,54,55). The Labute approximate surface area is 336 Å². The van der Waals surface area contributed by atoms with Crippen LogP contribution in [0.2, 0.25) is 0 Å². The second kappa shape index (κ2) is 19.8. The fourth-order valence-corrected chi connectivity index (χ4v) is 6.60. The molecule has 2 heterocycles. The van der Waals surface area contributed by atoms with E-state index in [4.69, 9.17) is 14.5 Å². The third-order valence-electron chi connectivity index (χ3n) is 8.88. The highest BCUT2D eigenvalue weighted by Gasteiger charge is 2.23. The fourth-order valence-electron chi connectivity index (χ4n) is 5.93. The van der Waals surface area contributed by atoms with Gasteiger partial charge in [0.25, 0.3) is 16.0 Å². The molecule has 0 aliphatic rings. The Morgan fingerprint density at radius 3 is 2.14 bits per heavy atom. The number of aliphatic carboxylic acids is 1. The van der Waals surface area contributed by atoms with Crippen LogP contribution >= 0.6 is 0 Å². The van der Waals surface area contributed by atoms with Crippen LogP contribution in [0.4, 0.5) is 5.82 Å². The van der Waals surface area contributed by atoms with Crippen LogP contribution < -0.4 is 20.2 Å². The zero-order valence-corrected chi connectivity index (χ0v) is 32.1. The first-order chi connectivity index (χ1) is 28.1. The van der Waals surface area contributed by atoms with Gasteiger partial charge in [0.2, 0.25) is 5.88 Å². The molecule has 14 heteroatoms. The summed E-state index contributed by atoms with van der Waals surface area (Å²) < 4.78 is 44.8. The molecular formula is C44H41N5O8S. The highest BCUT2D eigenvalue weighted by Crippen LogP contribution is 2.29. The molecule has 6 rings (SSSR count). The number of carbonyl (C=O) groups excluding carboxylic acids is 1. The average molecular weight is 800 g/mol. The minimum atomic E-state index is -4.45. The molecule has 0 radical (unpaired) electrons. The summed E-state index contributed by atoms with van der Waals surface area (Å²) in [6, 6.07) is 38.6.